The van der Waals surface area contributed by atoms with Gasteiger partial charge in [0.15, 0.2) is 0 Å². The molecule has 8 heteroatoms. The number of hydrogen-bond donors (Lipinski definition) is 1. The summed E-state index contributed by atoms with van der Waals surface area (Å²) in [5, 5.41) is 0. The first-order valence-corrected chi connectivity index (χ1v) is 8.68. The Hall–Kier alpha value is -1.12. The van der Waals surface area contributed by atoms with Crippen LogP contribution in [0.5, 0.6) is 0 Å². The van der Waals surface area contributed by atoms with Crippen LogP contribution < -0.4 is 5.73 Å². The van der Waals surface area contributed by atoms with Crippen LogP contribution in [0.4, 0.5) is 5.69 Å². The van der Waals surface area contributed by atoms with E-state index in [0.29, 0.717) is 16.6 Å². The molecule has 1 amide bonds. The Morgan fingerprint density at radius 3 is 2.43 bits per heavy atom. The predicted octanol–water partition coefficient (Wildman–Crippen LogP) is 1.52. The summed E-state index contributed by atoms with van der Waals surface area (Å²) in [6.45, 7) is 1.96. The van der Waals surface area contributed by atoms with E-state index in [1.165, 1.54) is 27.4 Å². The lowest BCUT2D eigenvalue weighted by Gasteiger charge is -2.23. The second-order valence-corrected chi connectivity index (χ2v) is 7.58. The fourth-order valence-electron chi connectivity index (χ4n) is 1.69. The van der Waals surface area contributed by atoms with Crippen LogP contribution in [0.1, 0.15) is 13.3 Å². The summed E-state index contributed by atoms with van der Waals surface area (Å²) < 4.78 is 27.0. The molecule has 21 heavy (non-hydrogen) atoms. The zero-order chi connectivity index (χ0) is 16.2. The molecule has 0 aliphatic heterocycles. The third-order valence-electron chi connectivity index (χ3n) is 2.86. The van der Waals surface area contributed by atoms with Gasteiger partial charge in [-0.15, -0.1) is 0 Å². The molecule has 1 aromatic carbocycles. The molecule has 0 aliphatic carbocycles. The maximum atomic E-state index is 12.7. The van der Waals surface area contributed by atoms with Crippen LogP contribution in [0.2, 0.25) is 0 Å². The van der Waals surface area contributed by atoms with E-state index in [1.807, 2.05) is 6.92 Å². The lowest BCUT2D eigenvalue weighted by Crippen LogP contribution is -2.40. The monoisotopic (exact) mass is 377 g/mol. The number of halogens is 1. The third kappa shape index (κ3) is 4.42. The molecule has 0 unspecified atom stereocenters. The average molecular weight is 378 g/mol. The number of likely N-dealkylation sites (N-methyl/N-ethyl adjacent to an activating group) is 1. The molecule has 0 radical (unpaired) electrons. The van der Waals surface area contributed by atoms with Crippen molar-refractivity contribution in [3.05, 3.63) is 22.7 Å². The van der Waals surface area contributed by atoms with Crippen LogP contribution in [0, 0.1) is 0 Å². The standard InChI is InChI=1S/C13H20BrN3O3S/c1-4-7-17(9-13(18)16(2)3)21(19,20)12-6-5-10(15)8-11(12)14/h5-6,8H,4,7,9,15H2,1-3H3. The van der Waals surface area contributed by atoms with Gasteiger partial charge in [-0.2, -0.15) is 4.31 Å². The van der Waals surface area contributed by atoms with E-state index in [2.05, 4.69) is 15.9 Å². The molecular weight excluding hydrogens is 358 g/mol. The maximum absolute atomic E-state index is 12.7. The first-order valence-electron chi connectivity index (χ1n) is 6.45. The number of sulfonamides is 1. The highest BCUT2D eigenvalue weighted by molar-refractivity contribution is 9.10. The smallest absolute Gasteiger partial charge is 0.244 e. The molecule has 0 fully saturated rings. The number of carbonyl (C=O) groups excluding carboxylic acids is 1. The van der Waals surface area contributed by atoms with Crippen molar-refractivity contribution in [2.24, 2.45) is 0 Å². The second kappa shape index (κ2) is 7.24. The highest BCUT2D eigenvalue weighted by atomic mass is 79.9. The van der Waals surface area contributed by atoms with Gasteiger partial charge in [-0.05, 0) is 40.5 Å². The number of nitrogen functional groups attached to an aromatic ring is 1. The minimum absolute atomic E-state index is 0.108. The fraction of sp³-hybridized carbons (Fsp3) is 0.462. The number of amides is 1. The number of nitrogens with zero attached hydrogens (tertiary/aromatic N) is 2. The van der Waals surface area contributed by atoms with E-state index in [0.717, 1.165) is 0 Å². The molecule has 0 atom stereocenters. The fourth-order valence-corrected chi connectivity index (χ4v) is 4.23. The molecule has 0 aromatic heterocycles. The van der Waals surface area contributed by atoms with Crippen LogP contribution in [-0.2, 0) is 14.8 Å². The van der Waals surface area contributed by atoms with Crippen LogP contribution >= 0.6 is 15.9 Å². The second-order valence-electron chi connectivity index (χ2n) is 4.82. The minimum atomic E-state index is -3.76. The number of nitrogens with two attached hydrogens (primary N) is 1. The average Bonchev–Trinajstić information content (AvgIpc) is 2.37. The van der Waals surface area contributed by atoms with E-state index >= 15 is 0 Å². The summed E-state index contributed by atoms with van der Waals surface area (Å²) >= 11 is 3.22. The lowest BCUT2D eigenvalue weighted by atomic mass is 10.3. The van der Waals surface area contributed by atoms with Crippen molar-refractivity contribution < 1.29 is 13.2 Å². The first kappa shape index (κ1) is 17.9. The largest absolute Gasteiger partial charge is 0.399 e. The summed E-state index contributed by atoms with van der Waals surface area (Å²) in [6, 6.07) is 4.50. The van der Waals surface area contributed by atoms with Crippen molar-refractivity contribution in [2.75, 3.05) is 32.9 Å². The van der Waals surface area contributed by atoms with Crippen LogP contribution in [-0.4, -0.2) is 50.7 Å². The van der Waals surface area contributed by atoms with Crippen LogP contribution in [0.25, 0.3) is 0 Å². The minimum Gasteiger partial charge on any atom is -0.399 e. The first-order chi connectivity index (χ1) is 9.70. The SMILES string of the molecule is CCCN(CC(=O)N(C)C)S(=O)(=O)c1ccc(N)cc1Br. The molecule has 0 saturated carbocycles. The topological polar surface area (TPSA) is 83.7 Å². The predicted molar refractivity (Wildman–Crippen MR) is 86.3 cm³/mol. The van der Waals surface area contributed by atoms with Gasteiger partial charge in [0, 0.05) is 30.8 Å². The molecule has 1 aromatic rings. The van der Waals surface area contributed by atoms with Gasteiger partial charge in [0.05, 0.1) is 11.4 Å². The van der Waals surface area contributed by atoms with Gasteiger partial charge >= 0.3 is 0 Å². The number of rotatable bonds is 6. The Labute approximate surface area is 134 Å². The molecule has 0 aliphatic rings. The Morgan fingerprint density at radius 2 is 1.95 bits per heavy atom. The number of hydrogen-bond acceptors (Lipinski definition) is 4. The van der Waals surface area contributed by atoms with Crippen LogP contribution in [0.3, 0.4) is 0 Å². The maximum Gasteiger partial charge on any atom is 0.244 e. The van der Waals surface area contributed by atoms with Crippen molar-refractivity contribution in [1.82, 2.24) is 9.21 Å². The van der Waals surface area contributed by atoms with Gasteiger partial charge in [0.2, 0.25) is 15.9 Å². The van der Waals surface area contributed by atoms with Gasteiger partial charge in [-0.1, -0.05) is 6.92 Å². The highest BCUT2D eigenvalue weighted by Gasteiger charge is 2.28. The molecule has 0 bridgehead atoms. The van der Waals surface area contributed by atoms with Gasteiger partial charge in [-0.25, -0.2) is 8.42 Å². The molecule has 0 heterocycles. The number of carbonyl (C=O) groups is 1. The van der Waals surface area contributed by atoms with Crippen molar-refractivity contribution in [2.45, 2.75) is 18.2 Å². The van der Waals surface area contributed by atoms with Crippen molar-refractivity contribution in [3.8, 4) is 0 Å². The summed E-state index contributed by atoms with van der Waals surface area (Å²) in [5.74, 6) is -0.265. The normalized spacial score (nSPS) is 11.7. The van der Waals surface area contributed by atoms with Crippen LogP contribution in [0.15, 0.2) is 27.6 Å². The van der Waals surface area contributed by atoms with E-state index in [1.54, 1.807) is 14.1 Å². The summed E-state index contributed by atoms with van der Waals surface area (Å²) in [7, 11) is -0.565. The Morgan fingerprint density at radius 1 is 1.33 bits per heavy atom. The van der Waals surface area contributed by atoms with E-state index in [-0.39, 0.29) is 23.9 Å². The van der Waals surface area contributed by atoms with E-state index < -0.39 is 10.0 Å². The summed E-state index contributed by atoms with van der Waals surface area (Å²) in [6.07, 6.45) is 0.618. The van der Waals surface area contributed by atoms with Gasteiger partial charge in [0.1, 0.15) is 0 Å². The molecule has 6 nitrogen and oxygen atoms in total. The quantitative estimate of drug-likeness (QED) is 0.761. The van der Waals surface area contributed by atoms with E-state index in [4.69, 9.17) is 5.73 Å². The van der Waals surface area contributed by atoms with Gasteiger partial charge in [-0.3, -0.25) is 4.79 Å². The lowest BCUT2D eigenvalue weighted by molar-refractivity contribution is -0.128. The number of anilines is 1. The summed E-state index contributed by atoms with van der Waals surface area (Å²) in [5.41, 5.74) is 6.09. The van der Waals surface area contributed by atoms with Crippen molar-refractivity contribution >= 4 is 37.5 Å². The van der Waals surface area contributed by atoms with Crippen molar-refractivity contribution in [3.63, 3.8) is 0 Å². The Bertz CT molecular complexity index is 617. The molecular formula is C13H20BrN3O3S. The molecule has 0 saturated heterocycles. The number of benzene rings is 1. The zero-order valence-corrected chi connectivity index (χ0v) is 14.7. The van der Waals surface area contributed by atoms with E-state index in [9.17, 15) is 13.2 Å². The Balaban J connectivity index is 3.18. The molecule has 0 spiro atoms. The molecule has 118 valence electrons. The highest BCUT2D eigenvalue weighted by Crippen LogP contribution is 2.27. The Kier molecular flexibility index (Phi) is 6.18. The summed E-state index contributed by atoms with van der Waals surface area (Å²) in [4.78, 5) is 13.3. The van der Waals surface area contributed by atoms with Gasteiger partial charge in [0.25, 0.3) is 0 Å². The zero-order valence-electron chi connectivity index (χ0n) is 12.3. The molecule has 2 N–H and O–H groups in total. The van der Waals surface area contributed by atoms with Crippen molar-refractivity contribution in [1.29, 1.82) is 0 Å². The third-order valence-corrected chi connectivity index (χ3v) is 5.68. The van der Waals surface area contributed by atoms with Gasteiger partial charge < -0.3 is 10.6 Å². The molecule has 1 rings (SSSR count).